The number of benzene rings is 1. The summed E-state index contributed by atoms with van der Waals surface area (Å²) in [5.41, 5.74) is 1.70. The highest BCUT2D eigenvalue weighted by Gasteiger charge is 2.14. The number of hydrogen-bond donors (Lipinski definition) is 0. The normalized spacial score (nSPS) is 11.9. The number of hydrogen-bond acceptors (Lipinski definition) is 3. The second kappa shape index (κ2) is 6.02. The second-order valence-electron chi connectivity index (χ2n) is 4.55. The molecular formula is C13H16N2OSi. The van der Waals surface area contributed by atoms with E-state index in [-0.39, 0.29) is 0 Å². The van der Waals surface area contributed by atoms with Gasteiger partial charge in [0.2, 0.25) is 0 Å². The van der Waals surface area contributed by atoms with E-state index in [0.29, 0.717) is 5.56 Å². The van der Waals surface area contributed by atoms with E-state index in [1.807, 2.05) is 24.3 Å². The van der Waals surface area contributed by atoms with Gasteiger partial charge in [0.1, 0.15) is 0 Å². The summed E-state index contributed by atoms with van der Waals surface area (Å²) in [5.74, 6) is 0. The Bertz CT molecular complexity index is 450. The molecule has 1 aromatic carbocycles. The summed E-state index contributed by atoms with van der Waals surface area (Å²) in [5, 5.41) is 12.5. The van der Waals surface area contributed by atoms with Gasteiger partial charge in [-0.1, -0.05) is 18.2 Å². The van der Waals surface area contributed by atoms with E-state index in [9.17, 15) is 0 Å². The molecule has 0 heterocycles. The number of rotatable bonds is 4. The van der Waals surface area contributed by atoms with Crippen molar-refractivity contribution in [2.45, 2.75) is 19.6 Å². The predicted molar refractivity (Wildman–Crippen MR) is 73.1 cm³/mol. The van der Waals surface area contributed by atoms with Crippen LogP contribution in [0.5, 0.6) is 0 Å². The zero-order chi connectivity index (χ0) is 12.7. The highest BCUT2D eigenvalue weighted by atomic mass is 28.4. The van der Waals surface area contributed by atoms with Crippen LogP contribution in [0.4, 0.5) is 0 Å². The Labute approximate surface area is 103 Å². The zero-order valence-electron chi connectivity index (χ0n) is 10.3. The Hall–Kier alpha value is -1.86. The molecule has 4 heteroatoms. The van der Waals surface area contributed by atoms with Crippen LogP contribution in [-0.4, -0.2) is 14.5 Å². The van der Waals surface area contributed by atoms with Gasteiger partial charge in [0.05, 0.1) is 17.8 Å². The van der Waals surface area contributed by atoms with Gasteiger partial charge in [0.15, 0.2) is 0 Å². The van der Waals surface area contributed by atoms with Crippen LogP contribution in [0.3, 0.4) is 0 Å². The lowest BCUT2D eigenvalue weighted by Gasteiger charge is -2.11. The van der Waals surface area contributed by atoms with E-state index in [1.165, 1.54) is 0 Å². The maximum atomic E-state index is 8.65. The highest BCUT2D eigenvalue weighted by Crippen LogP contribution is 2.05. The van der Waals surface area contributed by atoms with Gasteiger partial charge in [0.25, 0.3) is 8.32 Å². The monoisotopic (exact) mass is 244 g/mol. The lowest BCUT2D eigenvalue weighted by Crippen LogP contribution is -2.22. The molecular weight excluding hydrogens is 228 g/mol. The van der Waals surface area contributed by atoms with Crippen LogP contribution in [0.25, 0.3) is 6.08 Å². The van der Waals surface area contributed by atoms with Crippen molar-refractivity contribution in [1.82, 2.24) is 0 Å². The molecule has 0 N–H and O–H groups in total. The van der Waals surface area contributed by atoms with Gasteiger partial charge in [-0.3, -0.25) is 0 Å². The van der Waals surface area contributed by atoms with Crippen molar-refractivity contribution in [2.75, 3.05) is 0 Å². The Morgan fingerprint density at radius 1 is 1.24 bits per heavy atom. The minimum absolute atomic E-state index is 0.665. The van der Waals surface area contributed by atoms with Crippen molar-refractivity contribution in [3.8, 4) is 6.07 Å². The van der Waals surface area contributed by atoms with Crippen LogP contribution in [0.1, 0.15) is 11.1 Å². The molecule has 0 unspecified atom stereocenters. The molecule has 88 valence electrons. The van der Waals surface area contributed by atoms with Gasteiger partial charge < -0.3 is 4.53 Å². The number of nitrogens with zero attached hydrogens (tertiary/aromatic N) is 2. The Morgan fingerprint density at radius 3 is 2.41 bits per heavy atom. The largest absolute Gasteiger partial charge is 0.456 e. The van der Waals surface area contributed by atoms with Crippen molar-refractivity contribution < 1.29 is 4.53 Å². The fourth-order valence-corrected chi connectivity index (χ4v) is 1.42. The summed E-state index contributed by atoms with van der Waals surface area (Å²) in [4.78, 5) is 0. The molecule has 0 aliphatic heterocycles. The van der Waals surface area contributed by atoms with Crippen LogP contribution < -0.4 is 0 Å². The molecule has 0 atom stereocenters. The number of oxime groups is 1. The fourth-order valence-electron chi connectivity index (χ4n) is 1.05. The average molecular weight is 244 g/mol. The average Bonchev–Trinajstić information content (AvgIpc) is 2.28. The topological polar surface area (TPSA) is 45.4 Å². The smallest absolute Gasteiger partial charge is 0.278 e. The molecule has 0 radical (unpaired) electrons. The second-order valence-corrected chi connectivity index (χ2v) is 8.96. The highest BCUT2D eigenvalue weighted by molar-refractivity contribution is 6.69. The van der Waals surface area contributed by atoms with Crippen molar-refractivity contribution in [3.63, 3.8) is 0 Å². The summed E-state index contributed by atoms with van der Waals surface area (Å²) in [6, 6.07) is 9.44. The van der Waals surface area contributed by atoms with Crippen molar-refractivity contribution >= 4 is 20.6 Å². The van der Waals surface area contributed by atoms with Crippen LogP contribution in [0.2, 0.25) is 19.6 Å². The lowest BCUT2D eigenvalue weighted by atomic mass is 10.1. The van der Waals surface area contributed by atoms with Crippen LogP contribution in [0.15, 0.2) is 35.5 Å². The van der Waals surface area contributed by atoms with E-state index in [2.05, 4.69) is 30.9 Å². The van der Waals surface area contributed by atoms with E-state index >= 15 is 0 Å². The Balaban J connectivity index is 2.51. The van der Waals surface area contributed by atoms with Gasteiger partial charge in [0, 0.05) is 0 Å². The Kier molecular flexibility index (Phi) is 4.67. The molecule has 0 aliphatic carbocycles. The minimum Gasteiger partial charge on any atom is -0.456 e. The standard InChI is InChI=1S/C13H16N2OSi/c1-17(2,3)16-15-10-4-5-12-6-8-13(11-14)9-7-12/h4-10H,1-3H3/b5-4+,15-10?. The molecule has 17 heavy (non-hydrogen) atoms. The third-order valence-corrected chi connectivity index (χ3v) is 2.46. The van der Waals surface area contributed by atoms with Crippen molar-refractivity contribution in [1.29, 1.82) is 5.26 Å². The lowest BCUT2D eigenvalue weighted by molar-refractivity contribution is 0.338. The molecule has 1 aromatic rings. The summed E-state index contributed by atoms with van der Waals surface area (Å²) in [7, 11) is -1.57. The molecule has 0 bridgehead atoms. The first kappa shape index (κ1) is 13.2. The first-order chi connectivity index (χ1) is 8.01. The first-order valence-corrected chi connectivity index (χ1v) is 8.80. The summed E-state index contributed by atoms with van der Waals surface area (Å²) in [6.07, 6.45) is 5.37. The molecule has 0 saturated carbocycles. The van der Waals surface area contributed by atoms with E-state index in [4.69, 9.17) is 9.79 Å². The van der Waals surface area contributed by atoms with Crippen LogP contribution in [-0.2, 0) is 4.53 Å². The van der Waals surface area contributed by atoms with E-state index in [1.54, 1.807) is 18.3 Å². The quantitative estimate of drug-likeness (QED) is 0.463. The van der Waals surface area contributed by atoms with E-state index < -0.39 is 8.32 Å². The van der Waals surface area contributed by atoms with Gasteiger partial charge in [-0.05, 0) is 43.4 Å². The molecule has 0 amide bonds. The molecule has 0 spiro atoms. The van der Waals surface area contributed by atoms with Crippen molar-refractivity contribution in [2.24, 2.45) is 5.16 Å². The third-order valence-electron chi connectivity index (χ3n) is 1.80. The molecule has 0 aliphatic rings. The SMILES string of the molecule is C[Si](C)(C)ON=C/C=C/c1ccc(C#N)cc1. The predicted octanol–water partition coefficient (Wildman–Crippen LogP) is 3.41. The summed E-state index contributed by atoms with van der Waals surface area (Å²) in [6.45, 7) is 6.23. The maximum absolute atomic E-state index is 8.65. The fraction of sp³-hybridized carbons (Fsp3) is 0.231. The van der Waals surface area contributed by atoms with Gasteiger partial charge >= 0.3 is 0 Å². The molecule has 0 fully saturated rings. The third kappa shape index (κ3) is 5.69. The first-order valence-electron chi connectivity index (χ1n) is 5.40. The van der Waals surface area contributed by atoms with Crippen LogP contribution in [0, 0.1) is 11.3 Å². The van der Waals surface area contributed by atoms with E-state index in [0.717, 1.165) is 5.56 Å². The molecule has 1 rings (SSSR count). The van der Waals surface area contributed by atoms with Gasteiger partial charge in [-0.15, -0.1) is 5.16 Å². The molecule has 0 aromatic heterocycles. The summed E-state index contributed by atoms with van der Waals surface area (Å²) >= 11 is 0. The minimum atomic E-state index is -1.57. The van der Waals surface area contributed by atoms with Crippen molar-refractivity contribution in [3.05, 3.63) is 41.5 Å². The number of nitriles is 1. The van der Waals surface area contributed by atoms with Gasteiger partial charge in [-0.25, -0.2) is 0 Å². The Morgan fingerprint density at radius 2 is 1.88 bits per heavy atom. The number of allylic oxidation sites excluding steroid dienone is 1. The summed E-state index contributed by atoms with van der Waals surface area (Å²) < 4.78 is 5.32. The maximum Gasteiger partial charge on any atom is 0.278 e. The van der Waals surface area contributed by atoms with Crippen LogP contribution >= 0.6 is 0 Å². The zero-order valence-corrected chi connectivity index (χ0v) is 11.3. The molecule has 0 saturated heterocycles. The molecule has 3 nitrogen and oxygen atoms in total. The van der Waals surface area contributed by atoms with Gasteiger partial charge in [-0.2, -0.15) is 5.26 Å².